The normalized spacial score (nSPS) is 28.4. The van der Waals surface area contributed by atoms with Crippen LogP contribution in [0.25, 0.3) is 10.8 Å². The lowest BCUT2D eigenvalue weighted by atomic mass is 9.75. The van der Waals surface area contributed by atoms with E-state index < -0.39 is 62.0 Å². The summed E-state index contributed by atoms with van der Waals surface area (Å²) in [6.07, 6.45) is 6.11. The van der Waals surface area contributed by atoms with Gasteiger partial charge < -0.3 is 19.1 Å². The van der Waals surface area contributed by atoms with Gasteiger partial charge in [0.2, 0.25) is 27.7 Å². The number of Topliss-reactive ketones (excluding diaryl/α,β-unsaturated/α-hetero) is 1. The zero-order valence-corrected chi connectivity index (χ0v) is 34.7. The quantitative estimate of drug-likeness (QED) is 0.158. The number of ether oxygens (including phenoxy) is 3. The fraction of sp³-hybridized carbons (Fsp3) is 0.651. The maximum atomic E-state index is 14.9. The maximum Gasteiger partial charge on any atom is 0.306 e. The highest BCUT2D eigenvalue weighted by molar-refractivity contribution is 7.90. The number of sulfonamides is 1. The van der Waals surface area contributed by atoms with Crippen molar-refractivity contribution in [3.63, 3.8) is 0 Å². The van der Waals surface area contributed by atoms with Gasteiger partial charge in [0.15, 0.2) is 5.78 Å². The van der Waals surface area contributed by atoms with Gasteiger partial charge in [0.25, 0.3) is 0 Å². The van der Waals surface area contributed by atoms with Crippen molar-refractivity contribution >= 4 is 44.4 Å². The summed E-state index contributed by atoms with van der Waals surface area (Å²) in [7, 11) is -2.27. The number of fused-ring (bicyclic) bond motifs is 1. The summed E-state index contributed by atoms with van der Waals surface area (Å²) in [5, 5.41) is 0.959. The van der Waals surface area contributed by atoms with Crippen LogP contribution in [0.1, 0.15) is 99.3 Å². The van der Waals surface area contributed by atoms with Crippen molar-refractivity contribution in [2.45, 2.75) is 123 Å². The number of carbonyl (C=O) groups excluding carboxylic acids is 4. The molecule has 306 valence electrons. The smallest absolute Gasteiger partial charge is 0.306 e. The minimum atomic E-state index is -3.86. The van der Waals surface area contributed by atoms with Crippen molar-refractivity contribution in [2.24, 2.45) is 40.4 Å². The summed E-state index contributed by atoms with van der Waals surface area (Å²) in [6, 6.07) is 6.35. The van der Waals surface area contributed by atoms with Crippen molar-refractivity contribution in [1.82, 2.24) is 14.6 Å². The van der Waals surface area contributed by atoms with Gasteiger partial charge in [-0.2, -0.15) is 0 Å². The first kappa shape index (κ1) is 41.6. The molecule has 1 N–H and O–H groups in total. The summed E-state index contributed by atoms with van der Waals surface area (Å²) < 4.78 is 45.9. The molecule has 6 rings (SSSR count). The van der Waals surface area contributed by atoms with E-state index in [1.54, 1.807) is 25.4 Å². The van der Waals surface area contributed by atoms with Crippen molar-refractivity contribution < 1.29 is 41.8 Å². The van der Waals surface area contributed by atoms with E-state index in [1.165, 1.54) is 4.90 Å². The second kappa shape index (κ2) is 16.1. The zero-order valence-electron chi connectivity index (χ0n) is 33.9. The van der Waals surface area contributed by atoms with Crippen LogP contribution in [-0.4, -0.2) is 79.0 Å². The number of hydrogen-bond acceptors (Lipinski definition) is 10. The van der Waals surface area contributed by atoms with Gasteiger partial charge >= 0.3 is 5.97 Å². The highest BCUT2D eigenvalue weighted by atomic mass is 32.2. The van der Waals surface area contributed by atoms with Crippen LogP contribution in [0.2, 0.25) is 0 Å². The van der Waals surface area contributed by atoms with Gasteiger partial charge in [-0.25, -0.2) is 13.4 Å². The Morgan fingerprint density at radius 3 is 2.45 bits per heavy atom. The number of esters is 1. The third-order valence-electron chi connectivity index (χ3n) is 12.6. The Balaban J connectivity index is 1.27. The van der Waals surface area contributed by atoms with E-state index in [0.717, 1.165) is 30.0 Å². The molecule has 0 spiro atoms. The number of pyridine rings is 1. The summed E-state index contributed by atoms with van der Waals surface area (Å²) in [5.41, 5.74) is -1.97. The summed E-state index contributed by atoms with van der Waals surface area (Å²) in [5.74, 6) is -1.11. The summed E-state index contributed by atoms with van der Waals surface area (Å²) in [4.78, 5) is 62.8. The van der Waals surface area contributed by atoms with E-state index in [0.29, 0.717) is 36.3 Å². The van der Waals surface area contributed by atoms with E-state index in [-0.39, 0.29) is 55.9 Å². The summed E-state index contributed by atoms with van der Waals surface area (Å²) in [6.45, 7) is 16.0. The first-order valence-corrected chi connectivity index (χ1v) is 21.7. The van der Waals surface area contributed by atoms with Crippen molar-refractivity contribution in [1.29, 1.82) is 0 Å². The van der Waals surface area contributed by atoms with Crippen LogP contribution in [-0.2, 0) is 33.9 Å². The minimum Gasteiger partial charge on any atom is -0.497 e. The standard InChI is InChI=1S/C43H59N3O9S/c1-9-28-22-43(28,41(50)45-56(51,52)31-12-13-31)23-36(47)35-20-30(54-39-33-15-11-29(53-8)19-27(33)16-17-44-39)24-46(35)40(49)34(42(5,6)7)21-38(48)55-37-18-26(4)10-14-32(37)25(2)3/h9,11,15-17,19,25-26,28,30-32,34-35,37H,1,10,12-14,18,20-24H2,2-8H3,(H,45,50)/t26-,28-,30-,32+,34-,35+,37-,43-/m1/s1. The number of benzene rings is 1. The molecule has 2 heterocycles. The number of likely N-dealkylation sites (tertiary alicyclic amines) is 1. The predicted octanol–water partition coefficient (Wildman–Crippen LogP) is 6.41. The first-order valence-electron chi connectivity index (χ1n) is 20.2. The average molecular weight is 794 g/mol. The number of methoxy groups -OCH3 is 1. The number of carbonyl (C=O) groups is 4. The molecular weight excluding hydrogens is 735 g/mol. The molecule has 0 unspecified atom stereocenters. The van der Waals surface area contributed by atoms with E-state index in [1.807, 2.05) is 39.0 Å². The SMILES string of the molecule is C=C[C@@H]1C[C@]1(CC(=O)[C@@H]1C[C@@H](Oc2nccc3cc(OC)ccc23)CN1C(=O)[C@@H](CC(=O)O[C@@H]1C[C@H](C)CC[C@H]1C(C)C)C(C)(C)C)C(=O)NS(=O)(=O)C1CC1. The molecule has 2 aromatic rings. The molecule has 0 bridgehead atoms. The minimum absolute atomic E-state index is 0.0425. The predicted molar refractivity (Wildman–Crippen MR) is 212 cm³/mol. The van der Waals surface area contributed by atoms with Crippen LogP contribution in [0, 0.1) is 40.4 Å². The molecule has 3 saturated carbocycles. The molecule has 4 fully saturated rings. The largest absolute Gasteiger partial charge is 0.497 e. The molecule has 1 saturated heterocycles. The van der Waals surface area contributed by atoms with E-state index in [2.05, 4.69) is 37.1 Å². The molecule has 56 heavy (non-hydrogen) atoms. The van der Waals surface area contributed by atoms with Crippen LogP contribution < -0.4 is 14.2 Å². The van der Waals surface area contributed by atoms with Crippen molar-refractivity contribution in [3.05, 3.63) is 43.1 Å². The molecule has 3 aliphatic carbocycles. The first-order chi connectivity index (χ1) is 26.4. The monoisotopic (exact) mass is 793 g/mol. The molecule has 8 atom stereocenters. The lowest BCUT2D eigenvalue weighted by Crippen LogP contribution is -2.49. The average Bonchev–Trinajstić information content (AvgIpc) is 4.06. The molecule has 0 radical (unpaired) electrons. The molecule has 2 amide bonds. The Kier molecular flexibility index (Phi) is 12.0. The maximum absolute atomic E-state index is 14.9. The van der Waals surface area contributed by atoms with Crippen molar-refractivity contribution in [2.75, 3.05) is 13.7 Å². The van der Waals surface area contributed by atoms with Gasteiger partial charge in [0, 0.05) is 24.4 Å². The number of ketones is 1. The Hall–Kier alpha value is -4.00. The third kappa shape index (κ3) is 8.92. The number of hydrogen-bond donors (Lipinski definition) is 1. The number of allylic oxidation sites excluding steroid dienone is 1. The Bertz CT molecular complexity index is 1950. The van der Waals surface area contributed by atoms with Gasteiger partial charge in [0.05, 0.1) is 42.7 Å². The summed E-state index contributed by atoms with van der Waals surface area (Å²) >= 11 is 0. The van der Waals surface area contributed by atoms with Gasteiger partial charge in [-0.05, 0) is 90.8 Å². The molecule has 13 heteroatoms. The van der Waals surface area contributed by atoms with Crippen LogP contribution in [0.4, 0.5) is 0 Å². The van der Waals surface area contributed by atoms with E-state index in [4.69, 9.17) is 14.2 Å². The lowest BCUT2D eigenvalue weighted by molar-refractivity contribution is -0.161. The second-order valence-corrected chi connectivity index (χ2v) is 20.1. The molecule has 12 nitrogen and oxygen atoms in total. The number of rotatable bonds is 15. The molecule has 1 aromatic heterocycles. The topological polar surface area (TPSA) is 158 Å². The number of aromatic nitrogens is 1. The van der Waals surface area contributed by atoms with Gasteiger partial charge in [-0.3, -0.25) is 23.9 Å². The van der Waals surface area contributed by atoms with Gasteiger partial charge in [-0.1, -0.05) is 54.0 Å². The van der Waals surface area contributed by atoms with Crippen LogP contribution >= 0.6 is 0 Å². The van der Waals surface area contributed by atoms with Gasteiger partial charge in [-0.15, -0.1) is 6.58 Å². The highest BCUT2D eigenvalue weighted by Gasteiger charge is 2.61. The zero-order chi connectivity index (χ0) is 40.7. The molecular formula is C43H59N3O9S. The van der Waals surface area contributed by atoms with Crippen LogP contribution in [0.3, 0.4) is 0 Å². The highest BCUT2D eigenvalue weighted by Crippen LogP contribution is 2.57. The lowest BCUT2D eigenvalue weighted by Gasteiger charge is -2.38. The molecule has 1 aromatic carbocycles. The van der Waals surface area contributed by atoms with Crippen LogP contribution in [0.15, 0.2) is 43.1 Å². The Morgan fingerprint density at radius 1 is 1.09 bits per heavy atom. The fourth-order valence-electron chi connectivity index (χ4n) is 8.84. The molecule has 1 aliphatic heterocycles. The fourth-order valence-corrected chi connectivity index (χ4v) is 10.2. The van der Waals surface area contributed by atoms with E-state index in [9.17, 15) is 27.6 Å². The van der Waals surface area contributed by atoms with Crippen molar-refractivity contribution in [3.8, 4) is 11.6 Å². The second-order valence-electron chi connectivity index (χ2n) is 18.2. The number of nitrogens with zero attached hydrogens (tertiary/aromatic N) is 2. The van der Waals surface area contributed by atoms with E-state index >= 15 is 0 Å². The number of nitrogens with one attached hydrogen (secondary N) is 1. The number of amides is 2. The Labute approximate surface area is 331 Å². The Morgan fingerprint density at radius 2 is 1.82 bits per heavy atom. The third-order valence-corrected chi connectivity index (χ3v) is 14.5. The molecule has 4 aliphatic rings. The van der Waals surface area contributed by atoms with Gasteiger partial charge in [0.1, 0.15) is 18.0 Å². The van der Waals surface area contributed by atoms with Crippen LogP contribution in [0.5, 0.6) is 11.6 Å².